The fourth-order valence-corrected chi connectivity index (χ4v) is 3.08. The fourth-order valence-electron chi connectivity index (χ4n) is 3.08. The number of nitrogens with zero attached hydrogens (tertiary/aromatic N) is 4. The zero-order chi connectivity index (χ0) is 18.8. The molecule has 0 spiro atoms. The van der Waals surface area contributed by atoms with Gasteiger partial charge in [-0.1, -0.05) is 6.92 Å². The van der Waals surface area contributed by atoms with E-state index in [9.17, 15) is 4.79 Å². The molecule has 0 N–H and O–H groups in total. The first-order valence-corrected chi connectivity index (χ1v) is 9.50. The van der Waals surface area contributed by atoms with E-state index < -0.39 is 0 Å². The minimum absolute atomic E-state index is 0.00908. The van der Waals surface area contributed by atoms with Crippen LogP contribution in [0.15, 0.2) is 47.7 Å². The fraction of sp³-hybridized carbons (Fsp3) is 0.381. The lowest BCUT2D eigenvalue weighted by molar-refractivity contribution is 0.288. The van der Waals surface area contributed by atoms with E-state index in [1.165, 1.54) is 12.8 Å². The van der Waals surface area contributed by atoms with Crippen molar-refractivity contribution in [3.05, 3.63) is 58.9 Å². The van der Waals surface area contributed by atoms with Gasteiger partial charge in [0.2, 0.25) is 5.88 Å². The summed E-state index contributed by atoms with van der Waals surface area (Å²) in [5.74, 6) is 1.39. The van der Waals surface area contributed by atoms with Crippen LogP contribution in [-0.4, -0.2) is 25.9 Å². The highest BCUT2D eigenvalue weighted by Gasteiger charge is 2.22. The largest absolute Gasteiger partial charge is 0.477 e. The Labute approximate surface area is 158 Å². The summed E-state index contributed by atoms with van der Waals surface area (Å²) in [7, 11) is 0. The van der Waals surface area contributed by atoms with Gasteiger partial charge in [-0.15, -0.1) is 0 Å². The molecule has 140 valence electrons. The average molecular weight is 364 g/mol. The molecule has 6 nitrogen and oxygen atoms in total. The highest BCUT2D eigenvalue weighted by atomic mass is 16.5. The molecular formula is C21H24N4O2. The standard InChI is InChI=1S/C21H24N4O2/c1-3-10-24-13-18(6-9-21(24)26)25-12-17(11-22-25)19-7-8-20(23-15(19)2)27-14-16-4-5-16/h6-9,11-13,16H,3-5,10,14H2,1-2H3. The van der Waals surface area contributed by atoms with E-state index in [-0.39, 0.29) is 5.56 Å². The van der Waals surface area contributed by atoms with Crippen molar-refractivity contribution in [3.63, 3.8) is 0 Å². The number of aryl methyl sites for hydroxylation is 2. The zero-order valence-electron chi connectivity index (χ0n) is 15.8. The van der Waals surface area contributed by atoms with Crippen LogP contribution in [0, 0.1) is 12.8 Å². The van der Waals surface area contributed by atoms with Gasteiger partial charge in [-0.25, -0.2) is 9.67 Å². The quantitative estimate of drug-likeness (QED) is 0.643. The lowest BCUT2D eigenvalue weighted by Crippen LogP contribution is -2.19. The van der Waals surface area contributed by atoms with Crippen molar-refractivity contribution in [3.8, 4) is 22.7 Å². The number of hydrogen-bond acceptors (Lipinski definition) is 4. The summed E-state index contributed by atoms with van der Waals surface area (Å²) in [6.07, 6.45) is 9.08. The van der Waals surface area contributed by atoms with E-state index in [0.29, 0.717) is 18.3 Å². The van der Waals surface area contributed by atoms with Crippen LogP contribution < -0.4 is 10.3 Å². The Bertz CT molecular complexity index is 1000. The summed E-state index contributed by atoms with van der Waals surface area (Å²) in [6, 6.07) is 7.34. The van der Waals surface area contributed by atoms with Gasteiger partial charge in [0, 0.05) is 47.9 Å². The van der Waals surface area contributed by atoms with Gasteiger partial charge in [0.25, 0.3) is 5.56 Å². The van der Waals surface area contributed by atoms with E-state index in [1.54, 1.807) is 21.4 Å². The topological polar surface area (TPSA) is 61.9 Å². The molecule has 0 atom stereocenters. The van der Waals surface area contributed by atoms with Crippen molar-refractivity contribution in [2.24, 2.45) is 5.92 Å². The van der Waals surface area contributed by atoms with Crippen molar-refractivity contribution in [1.29, 1.82) is 0 Å². The summed E-state index contributed by atoms with van der Waals surface area (Å²) in [4.78, 5) is 16.5. The molecule has 0 amide bonds. The molecule has 1 aliphatic carbocycles. The van der Waals surface area contributed by atoms with E-state index in [2.05, 4.69) is 17.0 Å². The summed E-state index contributed by atoms with van der Waals surface area (Å²) < 4.78 is 9.27. The van der Waals surface area contributed by atoms with Crippen LogP contribution in [-0.2, 0) is 6.54 Å². The van der Waals surface area contributed by atoms with E-state index in [4.69, 9.17) is 4.74 Å². The molecule has 6 heteroatoms. The third-order valence-corrected chi connectivity index (χ3v) is 4.81. The smallest absolute Gasteiger partial charge is 0.250 e. The third kappa shape index (κ3) is 3.94. The van der Waals surface area contributed by atoms with Gasteiger partial charge < -0.3 is 9.30 Å². The molecule has 3 aromatic rings. The summed E-state index contributed by atoms with van der Waals surface area (Å²) in [5, 5.41) is 4.47. The highest BCUT2D eigenvalue weighted by Crippen LogP contribution is 2.30. The molecule has 1 aliphatic rings. The molecule has 4 rings (SSSR count). The van der Waals surface area contributed by atoms with Gasteiger partial charge in [0.15, 0.2) is 0 Å². The first-order valence-electron chi connectivity index (χ1n) is 9.50. The van der Waals surface area contributed by atoms with E-state index in [0.717, 1.165) is 35.5 Å². The molecule has 0 aromatic carbocycles. The highest BCUT2D eigenvalue weighted by molar-refractivity contribution is 5.65. The Balaban J connectivity index is 1.57. The molecule has 3 aromatic heterocycles. The predicted octanol–water partition coefficient (Wildman–Crippen LogP) is 3.60. The van der Waals surface area contributed by atoms with Gasteiger partial charge in [0.05, 0.1) is 18.5 Å². The van der Waals surface area contributed by atoms with Crippen molar-refractivity contribution >= 4 is 0 Å². The van der Waals surface area contributed by atoms with E-state index >= 15 is 0 Å². The van der Waals surface area contributed by atoms with Gasteiger partial charge in [-0.3, -0.25) is 4.79 Å². The minimum Gasteiger partial charge on any atom is -0.477 e. The zero-order valence-corrected chi connectivity index (χ0v) is 15.8. The third-order valence-electron chi connectivity index (χ3n) is 4.81. The van der Waals surface area contributed by atoms with Crippen molar-refractivity contribution in [1.82, 2.24) is 19.3 Å². The van der Waals surface area contributed by atoms with Crippen LogP contribution in [0.2, 0.25) is 0 Å². The van der Waals surface area contributed by atoms with Crippen molar-refractivity contribution in [2.75, 3.05) is 6.61 Å². The summed E-state index contributed by atoms with van der Waals surface area (Å²) in [6.45, 7) is 5.50. The second-order valence-electron chi connectivity index (χ2n) is 7.13. The van der Waals surface area contributed by atoms with Gasteiger partial charge in [0.1, 0.15) is 0 Å². The first kappa shape index (κ1) is 17.5. The van der Waals surface area contributed by atoms with E-state index in [1.807, 2.05) is 37.6 Å². The second-order valence-corrected chi connectivity index (χ2v) is 7.13. The second kappa shape index (κ2) is 7.39. The molecule has 0 bridgehead atoms. The molecule has 0 unspecified atom stereocenters. The number of pyridine rings is 2. The number of aromatic nitrogens is 4. The van der Waals surface area contributed by atoms with Gasteiger partial charge >= 0.3 is 0 Å². The Morgan fingerprint density at radius 2 is 2.04 bits per heavy atom. The maximum absolute atomic E-state index is 11.9. The molecule has 3 heterocycles. The molecule has 0 radical (unpaired) electrons. The Morgan fingerprint density at radius 3 is 2.78 bits per heavy atom. The molecule has 27 heavy (non-hydrogen) atoms. The monoisotopic (exact) mass is 364 g/mol. The van der Waals surface area contributed by atoms with Gasteiger partial charge in [-0.2, -0.15) is 5.10 Å². The Hall–Kier alpha value is -2.89. The van der Waals surface area contributed by atoms with Gasteiger partial charge in [-0.05, 0) is 44.2 Å². The van der Waals surface area contributed by atoms with Crippen molar-refractivity contribution < 1.29 is 4.74 Å². The van der Waals surface area contributed by atoms with Crippen LogP contribution in [0.3, 0.4) is 0 Å². The van der Waals surface area contributed by atoms with Crippen LogP contribution in [0.4, 0.5) is 0 Å². The summed E-state index contributed by atoms with van der Waals surface area (Å²) in [5.41, 5.74) is 3.81. The number of ether oxygens (including phenoxy) is 1. The lowest BCUT2D eigenvalue weighted by Gasteiger charge is -2.08. The van der Waals surface area contributed by atoms with Crippen LogP contribution in [0.5, 0.6) is 5.88 Å². The lowest BCUT2D eigenvalue weighted by atomic mass is 10.1. The number of hydrogen-bond donors (Lipinski definition) is 0. The summed E-state index contributed by atoms with van der Waals surface area (Å²) >= 11 is 0. The molecule has 0 aliphatic heterocycles. The average Bonchev–Trinajstić information content (AvgIpc) is 3.37. The van der Waals surface area contributed by atoms with Crippen molar-refractivity contribution in [2.45, 2.75) is 39.7 Å². The predicted molar refractivity (Wildman–Crippen MR) is 104 cm³/mol. The number of rotatable bonds is 7. The molecule has 0 saturated heterocycles. The first-order chi connectivity index (χ1) is 13.1. The minimum atomic E-state index is 0.00908. The Kier molecular flexibility index (Phi) is 4.79. The maximum Gasteiger partial charge on any atom is 0.250 e. The maximum atomic E-state index is 11.9. The molecule has 1 fully saturated rings. The van der Waals surface area contributed by atoms with Crippen LogP contribution >= 0.6 is 0 Å². The van der Waals surface area contributed by atoms with Crippen LogP contribution in [0.25, 0.3) is 16.8 Å². The molecular weight excluding hydrogens is 340 g/mol. The molecule has 1 saturated carbocycles. The Morgan fingerprint density at radius 1 is 1.19 bits per heavy atom. The normalized spacial score (nSPS) is 13.7. The van der Waals surface area contributed by atoms with Crippen LogP contribution in [0.1, 0.15) is 31.9 Å². The SMILES string of the molecule is CCCn1cc(-n2cc(-c3ccc(OCC4CC4)nc3C)cn2)ccc1=O.